The average Bonchev–Trinajstić information content (AvgIpc) is 2.57. The first-order valence-corrected chi connectivity index (χ1v) is 10.1. The molecule has 0 amide bonds. The highest BCUT2D eigenvalue weighted by Gasteiger charge is 2.32. The maximum absolute atomic E-state index is 12.9. The van der Waals surface area contributed by atoms with Crippen LogP contribution < -0.4 is 5.09 Å². The normalized spacial score (nSPS) is 12.9. The lowest BCUT2D eigenvalue weighted by Gasteiger charge is -2.23. The van der Waals surface area contributed by atoms with Crippen molar-refractivity contribution in [1.29, 1.82) is 0 Å². The highest BCUT2D eigenvalue weighted by atomic mass is 31.2. The Morgan fingerprint density at radius 1 is 1.12 bits per heavy atom. The third-order valence-corrected chi connectivity index (χ3v) is 5.18. The maximum atomic E-state index is 12.9. The number of hydrogen-bond acceptors (Lipinski definition) is 5. The third kappa shape index (κ3) is 8.50. The van der Waals surface area contributed by atoms with E-state index in [0.29, 0.717) is 18.4 Å². The van der Waals surface area contributed by atoms with Crippen molar-refractivity contribution in [2.45, 2.75) is 52.0 Å². The lowest BCUT2D eigenvalue weighted by atomic mass is 10.1. The van der Waals surface area contributed by atoms with Crippen LogP contribution in [0, 0.1) is 0 Å². The number of carboxylic acid groups (broad SMARTS) is 1. The Labute approximate surface area is 148 Å². The quantitative estimate of drug-likeness (QED) is 0.357. The zero-order valence-corrected chi connectivity index (χ0v) is 15.7. The predicted octanol–water partition coefficient (Wildman–Crippen LogP) is 3.72. The Bertz CT molecular complexity index is 549. The second-order valence-corrected chi connectivity index (χ2v) is 7.53. The second-order valence-electron chi connectivity index (χ2n) is 5.76. The highest BCUT2D eigenvalue weighted by Crippen LogP contribution is 2.45. The molecule has 0 aromatic heterocycles. The molecule has 0 spiro atoms. The van der Waals surface area contributed by atoms with Gasteiger partial charge in [0.1, 0.15) is 11.8 Å². The van der Waals surface area contributed by atoms with Crippen LogP contribution in [0.1, 0.15) is 45.1 Å². The Hall–Kier alpha value is -1.40. The van der Waals surface area contributed by atoms with Crippen LogP contribution in [-0.2, 0) is 24.8 Å². The van der Waals surface area contributed by atoms with Gasteiger partial charge >= 0.3 is 13.7 Å². The highest BCUT2D eigenvalue weighted by molar-refractivity contribution is 7.51. The van der Waals surface area contributed by atoms with Gasteiger partial charge in [0, 0.05) is 0 Å². The molecule has 0 aliphatic carbocycles. The summed E-state index contributed by atoms with van der Waals surface area (Å²) in [5, 5.41) is 21.3. The molecule has 0 fully saturated rings. The summed E-state index contributed by atoms with van der Waals surface area (Å²) in [6, 6.07) is 5.06. The zero-order valence-electron chi connectivity index (χ0n) is 14.8. The van der Waals surface area contributed by atoms with Crippen molar-refractivity contribution in [2.24, 2.45) is 0 Å². The summed E-state index contributed by atoms with van der Waals surface area (Å²) in [7, 11) is -3.72. The molecular formula is C17H28NO6P. The molecule has 0 heterocycles. The van der Waals surface area contributed by atoms with Crippen LogP contribution in [0.25, 0.3) is 0 Å². The molecule has 1 aromatic rings. The molecule has 0 aliphatic heterocycles. The molecule has 1 rings (SSSR count). The lowest BCUT2D eigenvalue weighted by molar-refractivity contribution is -0.139. The van der Waals surface area contributed by atoms with Crippen LogP contribution in [0.15, 0.2) is 24.3 Å². The minimum atomic E-state index is -3.72. The fourth-order valence-corrected chi connectivity index (χ4v) is 3.56. The number of carboxylic acids is 1. The molecule has 1 atom stereocenters. The molecule has 7 nitrogen and oxygen atoms in total. The number of aliphatic carboxylic acids is 1. The monoisotopic (exact) mass is 373 g/mol. The van der Waals surface area contributed by atoms with Crippen molar-refractivity contribution in [3.8, 4) is 5.75 Å². The Morgan fingerprint density at radius 3 is 2.08 bits per heavy atom. The van der Waals surface area contributed by atoms with Gasteiger partial charge in [0.25, 0.3) is 0 Å². The SMILES string of the molecule is CCCCOP(=O)(N[C@@H](Cc1ccc(O)cc1)C(=O)O)OCCCC. The second kappa shape index (κ2) is 11.3. The minimum absolute atomic E-state index is 0.0911. The van der Waals surface area contributed by atoms with E-state index in [2.05, 4.69) is 5.09 Å². The van der Waals surface area contributed by atoms with E-state index in [1.807, 2.05) is 13.8 Å². The zero-order chi connectivity index (χ0) is 18.7. The van der Waals surface area contributed by atoms with E-state index in [-0.39, 0.29) is 25.4 Å². The van der Waals surface area contributed by atoms with Crippen LogP contribution in [0.2, 0.25) is 0 Å². The Balaban J connectivity index is 2.80. The van der Waals surface area contributed by atoms with Crippen LogP contribution in [0.4, 0.5) is 0 Å². The molecule has 0 bridgehead atoms. The fraction of sp³-hybridized carbons (Fsp3) is 0.588. The van der Waals surface area contributed by atoms with Gasteiger partial charge in [-0.2, -0.15) is 0 Å². The molecule has 8 heteroatoms. The molecule has 25 heavy (non-hydrogen) atoms. The molecule has 142 valence electrons. The summed E-state index contributed by atoms with van der Waals surface area (Å²) in [6.45, 7) is 4.42. The number of unbranched alkanes of at least 4 members (excludes halogenated alkanes) is 2. The first-order valence-electron chi connectivity index (χ1n) is 8.57. The van der Waals surface area contributed by atoms with Gasteiger partial charge in [0.2, 0.25) is 0 Å². The van der Waals surface area contributed by atoms with Crippen molar-refractivity contribution in [3.63, 3.8) is 0 Å². The number of aromatic hydroxyl groups is 1. The topological polar surface area (TPSA) is 105 Å². The number of benzene rings is 1. The fourth-order valence-electron chi connectivity index (χ4n) is 2.02. The number of nitrogens with one attached hydrogen (secondary N) is 1. The van der Waals surface area contributed by atoms with E-state index in [4.69, 9.17) is 9.05 Å². The predicted molar refractivity (Wildman–Crippen MR) is 95.7 cm³/mol. The smallest absolute Gasteiger partial charge is 0.406 e. The van der Waals surface area contributed by atoms with Gasteiger partial charge in [-0.25, -0.2) is 9.65 Å². The summed E-state index contributed by atoms with van der Waals surface area (Å²) in [4.78, 5) is 11.6. The Kier molecular flexibility index (Phi) is 9.75. The van der Waals surface area contributed by atoms with Crippen LogP contribution in [0.5, 0.6) is 5.75 Å². The number of carbonyl (C=O) groups is 1. The maximum Gasteiger partial charge on any atom is 0.406 e. The summed E-state index contributed by atoms with van der Waals surface area (Å²) in [5.41, 5.74) is 0.686. The van der Waals surface area contributed by atoms with Gasteiger partial charge in [-0.3, -0.25) is 13.8 Å². The van der Waals surface area contributed by atoms with E-state index in [1.54, 1.807) is 12.1 Å². The van der Waals surface area contributed by atoms with Crippen molar-refractivity contribution < 1.29 is 28.6 Å². The van der Waals surface area contributed by atoms with E-state index in [1.165, 1.54) is 12.1 Å². The van der Waals surface area contributed by atoms with Crippen molar-refractivity contribution in [2.75, 3.05) is 13.2 Å². The van der Waals surface area contributed by atoms with Crippen molar-refractivity contribution in [1.82, 2.24) is 5.09 Å². The van der Waals surface area contributed by atoms with Gasteiger partial charge in [-0.15, -0.1) is 0 Å². The van der Waals surface area contributed by atoms with Gasteiger partial charge in [0.05, 0.1) is 13.2 Å². The summed E-state index contributed by atoms with van der Waals surface area (Å²) < 4.78 is 23.6. The molecule has 0 saturated carbocycles. The van der Waals surface area contributed by atoms with Gasteiger partial charge in [-0.1, -0.05) is 38.8 Å². The molecular weight excluding hydrogens is 345 g/mol. The van der Waals surface area contributed by atoms with E-state index < -0.39 is 19.8 Å². The molecule has 0 radical (unpaired) electrons. The number of hydrogen-bond donors (Lipinski definition) is 3. The first kappa shape index (κ1) is 21.6. The van der Waals surface area contributed by atoms with Crippen LogP contribution in [0.3, 0.4) is 0 Å². The van der Waals surface area contributed by atoms with Gasteiger partial charge in [-0.05, 0) is 37.0 Å². The Morgan fingerprint density at radius 2 is 1.64 bits per heavy atom. The molecule has 1 aromatic carbocycles. The van der Waals surface area contributed by atoms with E-state index in [9.17, 15) is 19.6 Å². The standard InChI is InChI=1S/C17H28NO6P/c1-3-5-11-23-25(22,24-12-6-4-2)18-16(17(20)21)13-14-7-9-15(19)10-8-14/h7-10,16,19H,3-6,11-13H2,1-2H3,(H,18,22)(H,20,21)/t16-/m0/s1. The van der Waals surface area contributed by atoms with Gasteiger partial charge < -0.3 is 10.2 Å². The van der Waals surface area contributed by atoms with Crippen molar-refractivity contribution in [3.05, 3.63) is 29.8 Å². The van der Waals surface area contributed by atoms with Crippen molar-refractivity contribution >= 4 is 13.7 Å². The van der Waals surface area contributed by atoms with E-state index in [0.717, 1.165) is 12.8 Å². The number of phenolic OH excluding ortho intramolecular Hbond substituents is 1. The first-order chi connectivity index (χ1) is 11.9. The van der Waals surface area contributed by atoms with E-state index >= 15 is 0 Å². The third-order valence-electron chi connectivity index (χ3n) is 3.51. The summed E-state index contributed by atoms with van der Waals surface area (Å²) in [6.07, 6.45) is 3.24. The average molecular weight is 373 g/mol. The summed E-state index contributed by atoms with van der Waals surface area (Å²) in [5.74, 6) is -1.05. The lowest BCUT2D eigenvalue weighted by Crippen LogP contribution is -2.37. The van der Waals surface area contributed by atoms with Crippen LogP contribution >= 0.6 is 7.75 Å². The van der Waals surface area contributed by atoms with Crippen LogP contribution in [-0.4, -0.2) is 35.4 Å². The molecule has 0 aliphatic rings. The largest absolute Gasteiger partial charge is 0.508 e. The molecule has 0 saturated heterocycles. The summed E-state index contributed by atoms with van der Waals surface area (Å²) >= 11 is 0. The minimum Gasteiger partial charge on any atom is -0.508 e. The number of phenols is 1. The van der Waals surface area contributed by atoms with Gasteiger partial charge in [0.15, 0.2) is 0 Å². The molecule has 3 N–H and O–H groups in total. The number of rotatable bonds is 13. The molecule has 0 unspecified atom stereocenters.